The Kier molecular flexibility index (Phi) is 7.64. The van der Waals surface area contributed by atoms with E-state index in [0.29, 0.717) is 27.8 Å². The van der Waals surface area contributed by atoms with Gasteiger partial charge in [-0.1, -0.05) is 81.2 Å². The van der Waals surface area contributed by atoms with Crippen LogP contribution in [0.2, 0.25) is 10.0 Å². The van der Waals surface area contributed by atoms with Crippen molar-refractivity contribution in [2.45, 2.75) is 11.7 Å². The van der Waals surface area contributed by atoms with Gasteiger partial charge in [0.05, 0.1) is 15.3 Å². The lowest BCUT2D eigenvalue weighted by Crippen LogP contribution is -2.30. The molecule has 0 radical (unpaired) electrons. The molecular weight excluding hydrogens is 557 g/mol. The number of anilines is 2. The topological polar surface area (TPSA) is 73.2 Å². The number of carbonyl (C=O) groups excluding carboxylic acids is 2. The first-order chi connectivity index (χ1) is 16.4. The third-order valence-corrected chi connectivity index (χ3v) is 7.56. The average molecular weight is 573 g/mol. The lowest BCUT2D eigenvalue weighted by molar-refractivity contribution is -0.117. The maximum atomic E-state index is 13.5. The first-order valence-corrected chi connectivity index (χ1v) is 12.5. The summed E-state index contributed by atoms with van der Waals surface area (Å²) in [5, 5.41) is 13.0. The Labute approximate surface area is 219 Å². The van der Waals surface area contributed by atoms with Gasteiger partial charge in [0.15, 0.2) is 0 Å². The smallest absolute Gasteiger partial charge is 0.269 e. The Morgan fingerprint density at radius 2 is 1.76 bits per heavy atom. The Morgan fingerprint density at radius 3 is 2.41 bits per heavy atom. The minimum atomic E-state index is -0.638. The monoisotopic (exact) mass is 571 g/mol. The van der Waals surface area contributed by atoms with Crippen molar-refractivity contribution in [2.75, 3.05) is 10.2 Å². The summed E-state index contributed by atoms with van der Waals surface area (Å²) in [5.41, 5.74) is 1.79. The molecule has 0 unspecified atom stereocenters. The van der Waals surface area contributed by atoms with Gasteiger partial charge < -0.3 is 5.32 Å². The molecule has 1 aliphatic rings. The van der Waals surface area contributed by atoms with Crippen molar-refractivity contribution in [1.82, 2.24) is 0 Å². The summed E-state index contributed by atoms with van der Waals surface area (Å²) >= 11 is 16.6. The molecule has 2 amide bonds. The summed E-state index contributed by atoms with van der Waals surface area (Å²) in [6.45, 7) is 0. The van der Waals surface area contributed by atoms with Gasteiger partial charge in [0.25, 0.3) is 5.91 Å². The largest absolute Gasteiger partial charge is 0.321 e. The summed E-state index contributed by atoms with van der Waals surface area (Å²) in [4.78, 5) is 28.0. The van der Waals surface area contributed by atoms with Crippen molar-refractivity contribution in [3.8, 4) is 6.07 Å². The van der Waals surface area contributed by atoms with Gasteiger partial charge in [-0.2, -0.15) is 5.26 Å². The number of nitrogens with one attached hydrogen (secondary N) is 1. The van der Waals surface area contributed by atoms with Crippen molar-refractivity contribution < 1.29 is 9.59 Å². The number of halogens is 3. The number of hydrogen-bond acceptors (Lipinski definition) is 4. The van der Waals surface area contributed by atoms with E-state index in [1.165, 1.54) is 22.7 Å². The zero-order valence-corrected chi connectivity index (χ0v) is 21.4. The predicted octanol–water partition coefficient (Wildman–Crippen LogP) is 6.82. The molecule has 1 heterocycles. The fourth-order valence-electron chi connectivity index (χ4n) is 3.40. The summed E-state index contributed by atoms with van der Waals surface area (Å²) in [7, 11) is 0. The van der Waals surface area contributed by atoms with Crippen LogP contribution in [0.25, 0.3) is 0 Å². The number of para-hydroxylation sites is 1. The Hall–Kier alpha value is -2.76. The highest BCUT2D eigenvalue weighted by Crippen LogP contribution is 2.42. The van der Waals surface area contributed by atoms with E-state index in [1.807, 2.05) is 36.4 Å². The van der Waals surface area contributed by atoms with E-state index in [0.717, 1.165) is 10.0 Å². The molecule has 34 heavy (non-hydrogen) atoms. The second-order valence-corrected chi connectivity index (χ2v) is 10.2. The normalized spacial score (nSPS) is 16.8. The van der Waals surface area contributed by atoms with Crippen LogP contribution >= 0.6 is 50.9 Å². The van der Waals surface area contributed by atoms with Crippen molar-refractivity contribution >= 4 is 74.1 Å². The van der Waals surface area contributed by atoms with E-state index >= 15 is 0 Å². The van der Waals surface area contributed by atoms with Gasteiger partial charge in [-0.3, -0.25) is 14.5 Å². The molecule has 170 valence electrons. The van der Waals surface area contributed by atoms with Gasteiger partial charge in [0.2, 0.25) is 5.91 Å². The molecule has 0 bridgehead atoms. The Balaban J connectivity index is 1.70. The Bertz CT molecular complexity index is 1320. The van der Waals surface area contributed by atoms with E-state index < -0.39 is 11.2 Å². The quantitative estimate of drug-likeness (QED) is 0.269. The summed E-state index contributed by atoms with van der Waals surface area (Å²) in [6.07, 6.45) is 0.455. The molecule has 0 aliphatic carbocycles. The number of hydrogen-bond donors (Lipinski definition) is 1. The molecule has 1 fully saturated rings. The molecule has 1 atom stereocenters. The van der Waals surface area contributed by atoms with Crippen LogP contribution in [0.3, 0.4) is 0 Å². The molecule has 3 aromatic rings. The molecule has 3 aromatic carbocycles. The first-order valence-electron chi connectivity index (χ1n) is 10.1. The molecule has 0 aromatic heterocycles. The summed E-state index contributed by atoms with van der Waals surface area (Å²) in [5.74, 6) is -0.828. The van der Waals surface area contributed by atoms with E-state index in [1.54, 1.807) is 36.4 Å². The van der Waals surface area contributed by atoms with E-state index in [4.69, 9.17) is 23.2 Å². The first kappa shape index (κ1) is 24.4. The molecular formula is C25H16BrCl2N3O2S. The third-order valence-electron chi connectivity index (χ3n) is 5.03. The van der Waals surface area contributed by atoms with Gasteiger partial charge in [0, 0.05) is 15.8 Å². The van der Waals surface area contributed by atoms with Crippen LogP contribution in [-0.4, -0.2) is 17.1 Å². The predicted molar refractivity (Wildman–Crippen MR) is 141 cm³/mol. The number of nitrogens with zero attached hydrogens (tertiary/aromatic N) is 2. The highest BCUT2D eigenvalue weighted by Gasteiger charge is 2.40. The molecule has 4 rings (SSSR count). The lowest BCUT2D eigenvalue weighted by atomic mass is 10.1. The highest BCUT2D eigenvalue weighted by atomic mass is 79.9. The van der Waals surface area contributed by atoms with Crippen molar-refractivity contribution in [1.29, 1.82) is 5.26 Å². The van der Waals surface area contributed by atoms with Crippen LogP contribution in [0.1, 0.15) is 5.56 Å². The maximum Gasteiger partial charge on any atom is 0.269 e. The summed E-state index contributed by atoms with van der Waals surface area (Å²) in [6, 6.07) is 23.3. The van der Waals surface area contributed by atoms with Gasteiger partial charge >= 0.3 is 0 Å². The second kappa shape index (κ2) is 10.7. The standard InChI is InChI=1S/C25H16BrCl2N3O2S/c26-16-8-6-15(7-9-16)12-22-24(33)31(18-4-2-1-3-5-18)25(34-22)19(14-29)23(32)30-17-10-11-20(27)21(28)13-17/h1-11,13,22H,12H2,(H,30,32)/b25-19-/t22-/m1/s1. The van der Waals surface area contributed by atoms with Crippen LogP contribution in [0, 0.1) is 11.3 Å². The molecule has 0 spiro atoms. The van der Waals surface area contributed by atoms with Crippen molar-refractivity contribution in [2.24, 2.45) is 0 Å². The average Bonchev–Trinajstić information content (AvgIpc) is 3.14. The van der Waals surface area contributed by atoms with Crippen LogP contribution in [0.5, 0.6) is 0 Å². The maximum absolute atomic E-state index is 13.5. The fourth-order valence-corrected chi connectivity index (χ4v) is 5.27. The second-order valence-electron chi connectivity index (χ2n) is 7.32. The van der Waals surface area contributed by atoms with Crippen LogP contribution in [0.4, 0.5) is 11.4 Å². The third kappa shape index (κ3) is 5.31. The molecule has 9 heteroatoms. The highest BCUT2D eigenvalue weighted by molar-refractivity contribution is 9.10. The molecule has 5 nitrogen and oxygen atoms in total. The molecule has 1 N–H and O–H groups in total. The lowest BCUT2D eigenvalue weighted by Gasteiger charge is -2.18. The number of thioether (sulfide) groups is 1. The zero-order valence-electron chi connectivity index (χ0n) is 17.5. The van der Waals surface area contributed by atoms with E-state index in [2.05, 4.69) is 21.2 Å². The number of carbonyl (C=O) groups is 2. The SMILES string of the molecule is N#C/C(C(=O)Nc1ccc(Cl)c(Cl)c1)=C1/S[C@H](Cc2ccc(Br)cc2)C(=O)N1c1ccccc1. The van der Waals surface area contributed by atoms with Crippen LogP contribution in [0.15, 0.2) is 87.9 Å². The molecule has 0 saturated carbocycles. The van der Waals surface area contributed by atoms with Gasteiger partial charge in [-0.15, -0.1) is 0 Å². The molecule has 1 aliphatic heterocycles. The van der Waals surface area contributed by atoms with Crippen molar-refractivity contribution in [3.05, 3.63) is 103 Å². The number of benzene rings is 3. The minimum absolute atomic E-state index is 0.161. The Morgan fingerprint density at radius 1 is 1.06 bits per heavy atom. The van der Waals surface area contributed by atoms with Gasteiger partial charge in [-0.25, -0.2) is 0 Å². The fraction of sp³-hybridized carbons (Fsp3) is 0.0800. The number of rotatable bonds is 5. The number of nitriles is 1. The van der Waals surface area contributed by atoms with Gasteiger partial charge in [0.1, 0.15) is 16.7 Å². The number of amides is 2. The van der Waals surface area contributed by atoms with Crippen LogP contribution in [-0.2, 0) is 16.0 Å². The molecule has 1 saturated heterocycles. The van der Waals surface area contributed by atoms with E-state index in [9.17, 15) is 14.9 Å². The minimum Gasteiger partial charge on any atom is -0.321 e. The van der Waals surface area contributed by atoms with Gasteiger partial charge in [-0.05, 0) is 54.4 Å². The van der Waals surface area contributed by atoms with E-state index in [-0.39, 0.29) is 16.5 Å². The van der Waals surface area contributed by atoms with Crippen LogP contribution < -0.4 is 10.2 Å². The van der Waals surface area contributed by atoms with Crippen molar-refractivity contribution in [3.63, 3.8) is 0 Å². The summed E-state index contributed by atoms with van der Waals surface area (Å²) < 4.78 is 0.943. The zero-order chi connectivity index (χ0) is 24.2.